The van der Waals surface area contributed by atoms with Crippen LogP contribution in [-0.2, 0) is 0 Å². The number of benzene rings is 1. The lowest BCUT2D eigenvalue weighted by Gasteiger charge is -2.17. The molecule has 3 heteroatoms. The lowest BCUT2D eigenvalue weighted by molar-refractivity contribution is 0.402. The topological polar surface area (TPSA) is 21.3 Å². The fourth-order valence-corrected chi connectivity index (χ4v) is 1.70. The van der Waals surface area contributed by atoms with Crippen molar-refractivity contribution >= 4 is 11.6 Å². The van der Waals surface area contributed by atoms with Gasteiger partial charge in [-0.05, 0) is 25.6 Å². The number of halogens is 1. The molecule has 0 bridgehead atoms. The van der Waals surface area contributed by atoms with Gasteiger partial charge in [0.1, 0.15) is 5.75 Å². The van der Waals surface area contributed by atoms with E-state index in [0.717, 1.165) is 17.7 Å². The fraction of sp³-hybridized carbons (Fsp3) is 0.333. The van der Waals surface area contributed by atoms with Crippen molar-refractivity contribution in [2.45, 2.75) is 12.5 Å². The van der Waals surface area contributed by atoms with E-state index >= 15 is 0 Å². The Labute approximate surface area is 95.9 Å². The Kier molecular flexibility index (Phi) is 4.66. The Bertz CT molecular complexity index is 338. The minimum absolute atomic E-state index is 0.217. The molecular weight excluding hydrogens is 210 g/mol. The van der Waals surface area contributed by atoms with Crippen LogP contribution in [0.4, 0.5) is 0 Å². The first-order valence-corrected chi connectivity index (χ1v) is 5.22. The summed E-state index contributed by atoms with van der Waals surface area (Å²) in [6.45, 7) is 3.74. The molecule has 0 aliphatic rings. The van der Waals surface area contributed by atoms with Crippen LogP contribution in [0.2, 0.25) is 5.02 Å². The summed E-state index contributed by atoms with van der Waals surface area (Å²) in [5.74, 6) is 0.809. The zero-order valence-corrected chi connectivity index (χ0v) is 9.84. The highest BCUT2D eigenvalue weighted by atomic mass is 35.5. The molecule has 1 aromatic carbocycles. The summed E-state index contributed by atoms with van der Waals surface area (Å²) in [6.07, 6.45) is 2.74. The van der Waals surface area contributed by atoms with Gasteiger partial charge >= 0.3 is 0 Å². The van der Waals surface area contributed by atoms with Gasteiger partial charge in [0, 0.05) is 16.6 Å². The number of hydrogen-bond donors (Lipinski definition) is 1. The maximum Gasteiger partial charge on any atom is 0.125 e. The second-order valence-electron chi connectivity index (χ2n) is 3.25. The van der Waals surface area contributed by atoms with E-state index in [1.54, 1.807) is 7.11 Å². The quantitative estimate of drug-likeness (QED) is 0.778. The highest BCUT2D eigenvalue weighted by Crippen LogP contribution is 2.29. The van der Waals surface area contributed by atoms with E-state index in [-0.39, 0.29) is 6.04 Å². The zero-order chi connectivity index (χ0) is 11.3. The maximum atomic E-state index is 5.90. The molecule has 2 nitrogen and oxygen atoms in total. The summed E-state index contributed by atoms with van der Waals surface area (Å²) in [7, 11) is 3.57. The molecule has 1 atom stereocenters. The Morgan fingerprint density at radius 2 is 2.33 bits per heavy atom. The molecule has 0 aliphatic carbocycles. The summed E-state index contributed by atoms with van der Waals surface area (Å²) in [5, 5.41) is 3.90. The molecule has 0 heterocycles. The van der Waals surface area contributed by atoms with Crippen LogP contribution in [0.5, 0.6) is 5.75 Å². The Morgan fingerprint density at radius 1 is 1.60 bits per heavy atom. The third-order valence-corrected chi connectivity index (χ3v) is 2.56. The number of rotatable bonds is 5. The van der Waals surface area contributed by atoms with Gasteiger partial charge in [0.25, 0.3) is 0 Å². The molecule has 0 amide bonds. The molecule has 0 fully saturated rings. The van der Waals surface area contributed by atoms with E-state index in [2.05, 4.69) is 11.9 Å². The van der Waals surface area contributed by atoms with Crippen LogP contribution in [0.3, 0.4) is 0 Å². The Hall–Kier alpha value is -0.990. The van der Waals surface area contributed by atoms with Gasteiger partial charge in [-0.25, -0.2) is 0 Å². The second kappa shape index (κ2) is 5.79. The molecule has 0 saturated heterocycles. The van der Waals surface area contributed by atoms with E-state index in [1.807, 2.05) is 31.3 Å². The fourth-order valence-electron chi connectivity index (χ4n) is 1.54. The summed E-state index contributed by atoms with van der Waals surface area (Å²) < 4.78 is 5.30. The number of hydrogen-bond acceptors (Lipinski definition) is 2. The van der Waals surface area contributed by atoms with Crippen molar-refractivity contribution in [2.24, 2.45) is 0 Å². The van der Waals surface area contributed by atoms with E-state index in [9.17, 15) is 0 Å². The lowest BCUT2D eigenvalue weighted by atomic mass is 10.0. The largest absolute Gasteiger partial charge is 0.496 e. The number of ether oxygens (including phenoxy) is 1. The molecule has 82 valence electrons. The van der Waals surface area contributed by atoms with E-state index in [4.69, 9.17) is 16.3 Å². The molecular formula is C12H16ClNO. The van der Waals surface area contributed by atoms with Crippen LogP contribution in [-0.4, -0.2) is 14.2 Å². The van der Waals surface area contributed by atoms with Crippen LogP contribution < -0.4 is 10.1 Å². The molecule has 0 radical (unpaired) electrons. The minimum atomic E-state index is 0.217. The van der Waals surface area contributed by atoms with Crippen molar-refractivity contribution in [1.82, 2.24) is 5.32 Å². The van der Waals surface area contributed by atoms with Crippen molar-refractivity contribution in [1.29, 1.82) is 0 Å². The molecule has 0 aromatic heterocycles. The maximum absolute atomic E-state index is 5.90. The van der Waals surface area contributed by atoms with Gasteiger partial charge in [-0.1, -0.05) is 23.7 Å². The Morgan fingerprint density at radius 3 is 2.87 bits per heavy atom. The normalized spacial score (nSPS) is 12.2. The molecule has 1 unspecified atom stereocenters. The highest BCUT2D eigenvalue weighted by Gasteiger charge is 2.12. The van der Waals surface area contributed by atoms with Gasteiger partial charge in [0.15, 0.2) is 0 Å². The van der Waals surface area contributed by atoms with Crippen molar-refractivity contribution in [2.75, 3.05) is 14.2 Å². The number of nitrogens with one attached hydrogen (secondary N) is 1. The molecule has 1 aromatic rings. The van der Waals surface area contributed by atoms with E-state index in [0.29, 0.717) is 5.02 Å². The van der Waals surface area contributed by atoms with Crippen molar-refractivity contribution in [3.05, 3.63) is 41.4 Å². The van der Waals surface area contributed by atoms with Crippen LogP contribution >= 0.6 is 11.6 Å². The van der Waals surface area contributed by atoms with Crippen LogP contribution in [0.15, 0.2) is 30.9 Å². The standard InChI is InChI=1S/C12H16ClNO/c1-4-5-11(14-2)10-7-6-9(13)8-12(10)15-3/h4,6-8,11,14H,1,5H2,2-3H3. The summed E-state index contributed by atoms with van der Waals surface area (Å²) >= 11 is 5.90. The lowest BCUT2D eigenvalue weighted by Crippen LogP contribution is -2.16. The van der Waals surface area contributed by atoms with Crippen molar-refractivity contribution in [3.8, 4) is 5.75 Å². The van der Waals surface area contributed by atoms with Gasteiger partial charge in [-0.3, -0.25) is 0 Å². The molecule has 0 aliphatic heterocycles. The predicted octanol–water partition coefficient (Wildman–Crippen LogP) is 3.19. The van der Waals surface area contributed by atoms with Gasteiger partial charge < -0.3 is 10.1 Å². The smallest absolute Gasteiger partial charge is 0.125 e. The summed E-state index contributed by atoms with van der Waals surface area (Å²) in [4.78, 5) is 0. The second-order valence-corrected chi connectivity index (χ2v) is 3.69. The predicted molar refractivity (Wildman–Crippen MR) is 64.6 cm³/mol. The van der Waals surface area contributed by atoms with E-state index < -0.39 is 0 Å². The van der Waals surface area contributed by atoms with Crippen LogP contribution in [0, 0.1) is 0 Å². The molecule has 0 spiro atoms. The number of methoxy groups -OCH3 is 1. The summed E-state index contributed by atoms with van der Waals surface area (Å²) in [5.41, 5.74) is 1.10. The minimum Gasteiger partial charge on any atom is -0.496 e. The van der Waals surface area contributed by atoms with Gasteiger partial charge in [-0.15, -0.1) is 6.58 Å². The SMILES string of the molecule is C=CCC(NC)c1ccc(Cl)cc1OC. The van der Waals surface area contributed by atoms with Crippen LogP contribution in [0.1, 0.15) is 18.0 Å². The Balaban J connectivity index is 3.04. The first-order chi connectivity index (χ1) is 7.22. The van der Waals surface area contributed by atoms with Gasteiger partial charge in [-0.2, -0.15) is 0 Å². The molecule has 1 N–H and O–H groups in total. The first-order valence-electron chi connectivity index (χ1n) is 4.84. The van der Waals surface area contributed by atoms with Crippen molar-refractivity contribution < 1.29 is 4.74 Å². The molecule has 1 rings (SSSR count). The zero-order valence-electron chi connectivity index (χ0n) is 9.09. The highest BCUT2D eigenvalue weighted by molar-refractivity contribution is 6.30. The average Bonchev–Trinajstić information content (AvgIpc) is 2.26. The molecule has 0 saturated carbocycles. The van der Waals surface area contributed by atoms with Gasteiger partial charge in [0.05, 0.1) is 7.11 Å². The average molecular weight is 226 g/mol. The molecule has 15 heavy (non-hydrogen) atoms. The third kappa shape index (κ3) is 2.98. The van der Waals surface area contributed by atoms with Gasteiger partial charge in [0.2, 0.25) is 0 Å². The van der Waals surface area contributed by atoms with Crippen molar-refractivity contribution in [3.63, 3.8) is 0 Å². The van der Waals surface area contributed by atoms with Crippen LogP contribution in [0.25, 0.3) is 0 Å². The third-order valence-electron chi connectivity index (χ3n) is 2.32. The first kappa shape index (κ1) is 12.1. The van der Waals surface area contributed by atoms with E-state index in [1.165, 1.54) is 0 Å². The summed E-state index contributed by atoms with van der Waals surface area (Å²) in [6, 6.07) is 5.89. The monoisotopic (exact) mass is 225 g/mol.